The van der Waals surface area contributed by atoms with E-state index >= 15 is 0 Å². The fraction of sp³-hybridized carbons (Fsp3) is 0.200. The summed E-state index contributed by atoms with van der Waals surface area (Å²) in [6.45, 7) is 6.46. The minimum atomic E-state index is -0.271. The largest absolute Gasteiger partial charge is 0.360 e. The van der Waals surface area contributed by atoms with Crippen LogP contribution in [0.2, 0.25) is 0 Å². The van der Waals surface area contributed by atoms with Gasteiger partial charge in [-0.3, -0.25) is 9.36 Å². The van der Waals surface area contributed by atoms with E-state index in [2.05, 4.69) is 81.3 Å². The topological polar surface area (TPSA) is 88.5 Å². The Morgan fingerprint density at radius 3 is 2.45 bits per heavy atom. The third-order valence-electron chi connectivity index (χ3n) is 7.82. The molecule has 0 saturated heterocycles. The zero-order chi connectivity index (χ0) is 29.1. The number of pyridine rings is 1. The maximum atomic E-state index is 14.3. The van der Waals surface area contributed by atoms with Gasteiger partial charge in [-0.05, 0) is 73.0 Å². The number of imidazole rings is 1. The fourth-order valence-electron chi connectivity index (χ4n) is 5.54. The van der Waals surface area contributed by atoms with E-state index in [9.17, 15) is 4.79 Å². The number of aromatic amines is 1. The first kappa shape index (κ1) is 27.0. The molecule has 0 aliphatic rings. The monoisotopic (exact) mass is 552 g/mol. The van der Waals surface area contributed by atoms with Crippen molar-refractivity contribution in [3.8, 4) is 17.5 Å². The molecule has 0 bridgehead atoms. The van der Waals surface area contributed by atoms with Gasteiger partial charge in [0.2, 0.25) is 0 Å². The molecule has 208 valence electrons. The van der Waals surface area contributed by atoms with Crippen molar-refractivity contribution < 1.29 is 0 Å². The summed E-state index contributed by atoms with van der Waals surface area (Å²) in [4.78, 5) is 30.3. The lowest BCUT2D eigenvalue weighted by molar-refractivity contribution is 0.642. The van der Waals surface area contributed by atoms with Crippen molar-refractivity contribution in [3.63, 3.8) is 0 Å². The molecule has 3 aromatic carbocycles. The lowest BCUT2D eigenvalue weighted by atomic mass is 9.93. The highest BCUT2D eigenvalue weighted by Crippen LogP contribution is 2.27. The van der Waals surface area contributed by atoms with Gasteiger partial charge < -0.3 is 10.3 Å². The highest BCUT2D eigenvalue weighted by molar-refractivity contribution is 5.88. The zero-order valence-corrected chi connectivity index (χ0v) is 23.9. The Bertz CT molecular complexity index is 1980. The Hall–Kier alpha value is -5.22. The predicted octanol–water partition coefficient (Wildman–Crippen LogP) is 7.13. The number of fused-ring (bicyclic) bond motifs is 2. The molecule has 6 aromatic rings. The van der Waals surface area contributed by atoms with Gasteiger partial charge in [-0.25, -0.2) is 15.0 Å². The number of anilines is 1. The van der Waals surface area contributed by atoms with E-state index in [0.717, 1.165) is 35.2 Å². The van der Waals surface area contributed by atoms with Crippen molar-refractivity contribution in [2.75, 3.05) is 5.32 Å². The molecule has 1 atom stereocenters. The number of para-hydroxylation sites is 1. The van der Waals surface area contributed by atoms with E-state index < -0.39 is 0 Å². The Balaban J connectivity index is 1.45. The third-order valence-corrected chi connectivity index (χ3v) is 7.82. The highest BCUT2D eigenvalue weighted by Gasteiger charge is 2.19. The van der Waals surface area contributed by atoms with Crippen LogP contribution in [0.15, 0.2) is 96.3 Å². The number of hydrogen-bond donors (Lipinski definition) is 2. The van der Waals surface area contributed by atoms with Crippen LogP contribution < -0.4 is 10.9 Å². The van der Waals surface area contributed by atoms with Crippen molar-refractivity contribution in [3.05, 3.63) is 124 Å². The van der Waals surface area contributed by atoms with Gasteiger partial charge in [0.05, 0.1) is 17.8 Å². The molecule has 3 aromatic heterocycles. The molecule has 0 fully saturated rings. The van der Waals surface area contributed by atoms with Gasteiger partial charge in [-0.1, -0.05) is 68.2 Å². The van der Waals surface area contributed by atoms with Crippen LogP contribution in [0, 0.1) is 11.8 Å². The van der Waals surface area contributed by atoms with Crippen LogP contribution in [-0.4, -0.2) is 24.5 Å². The summed E-state index contributed by atoms with van der Waals surface area (Å²) in [6, 6.07) is 25.8. The van der Waals surface area contributed by atoms with Gasteiger partial charge in [0, 0.05) is 22.5 Å². The van der Waals surface area contributed by atoms with Crippen LogP contribution in [0.25, 0.3) is 27.6 Å². The van der Waals surface area contributed by atoms with Crippen LogP contribution in [0.4, 0.5) is 5.82 Å². The lowest BCUT2D eigenvalue weighted by Gasteiger charge is -2.21. The quantitative estimate of drug-likeness (QED) is 0.206. The number of H-pyrrole nitrogens is 1. The standard InChI is InChI=1S/C35H32N6O/c1-4-25(5-2)26-17-14-24(15-18-26)16-19-27-10-9-11-28-20-30(41(35(42)31(27)28)29-12-7-6-8-13-29)23(3)40-34-32-33(37-21-36-32)38-22-39-34/h6-15,17-18,20-23,25H,4-5H2,1-3H3,(H2,36,37,38,39,40). The summed E-state index contributed by atoms with van der Waals surface area (Å²) in [5.74, 6) is 7.77. The molecule has 3 heterocycles. The Labute approximate surface area is 244 Å². The number of hydrogen-bond acceptors (Lipinski definition) is 5. The average Bonchev–Trinajstić information content (AvgIpc) is 3.51. The molecule has 0 radical (unpaired) electrons. The van der Waals surface area contributed by atoms with E-state index in [1.165, 1.54) is 11.9 Å². The van der Waals surface area contributed by atoms with Crippen LogP contribution in [0.3, 0.4) is 0 Å². The molecule has 0 spiro atoms. The average molecular weight is 553 g/mol. The molecular weight excluding hydrogens is 520 g/mol. The Morgan fingerprint density at radius 2 is 1.69 bits per heavy atom. The van der Waals surface area contributed by atoms with Gasteiger partial charge >= 0.3 is 0 Å². The second-order valence-electron chi connectivity index (χ2n) is 10.4. The molecule has 0 saturated carbocycles. The first-order valence-corrected chi connectivity index (χ1v) is 14.3. The Morgan fingerprint density at radius 1 is 0.905 bits per heavy atom. The molecule has 42 heavy (non-hydrogen) atoms. The summed E-state index contributed by atoms with van der Waals surface area (Å²) in [5.41, 5.74) is 5.71. The smallest absolute Gasteiger partial charge is 0.264 e. The second-order valence-corrected chi connectivity index (χ2v) is 10.4. The van der Waals surface area contributed by atoms with E-state index in [0.29, 0.717) is 33.8 Å². The van der Waals surface area contributed by atoms with Gasteiger partial charge in [-0.15, -0.1) is 0 Å². The fourth-order valence-corrected chi connectivity index (χ4v) is 5.54. The van der Waals surface area contributed by atoms with E-state index in [4.69, 9.17) is 0 Å². The van der Waals surface area contributed by atoms with Crippen LogP contribution >= 0.6 is 0 Å². The van der Waals surface area contributed by atoms with Crippen molar-refractivity contribution in [1.82, 2.24) is 24.5 Å². The molecule has 0 aliphatic heterocycles. The number of aromatic nitrogens is 5. The van der Waals surface area contributed by atoms with Crippen molar-refractivity contribution >= 4 is 27.8 Å². The summed E-state index contributed by atoms with van der Waals surface area (Å²) in [6.07, 6.45) is 5.31. The molecular formula is C35H32N6O. The number of nitrogens with zero attached hydrogens (tertiary/aromatic N) is 4. The lowest BCUT2D eigenvalue weighted by Crippen LogP contribution is -2.26. The van der Waals surface area contributed by atoms with Gasteiger partial charge in [-0.2, -0.15) is 0 Å². The summed E-state index contributed by atoms with van der Waals surface area (Å²) >= 11 is 0. The normalized spacial score (nSPS) is 11.9. The molecule has 1 unspecified atom stereocenters. The van der Waals surface area contributed by atoms with Gasteiger partial charge in [0.1, 0.15) is 11.8 Å². The van der Waals surface area contributed by atoms with Gasteiger partial charge in [0.25, 0.3) is 5.56 Å². The molecule has 0 aliphatic carbocycles. The summed E-state index contributed by atoms with van der Waals surface area (Å²) < 4.78 is 1.76. The number of benzene rings is 3. The number of nitrogens with one attached hydrogen (secondary N) is 2. The molecule has 0 amide bonds. The molecule has 2 N–H and O–H groups in total. The van der Waals surface area contributed by atoms with Crippen molar-refractivity contribution in [2.45, 2.75) is 45.6 Å². The maximum absolute atomic E-state index is 14.3. The first-order chi connectivity index (χ1) is 20.6. The van der Waals surface area contributed by atoms with E-state index in [-0.39, 0.29) is 11.6 Å². The minimum Gasteiger partial charge on any atom is -0.360 e. The van der Waals surface area contributed by atoms with Crippen LogP contribution in [0.5, 0.6) is 0 Å². The minimum absolute atomic E-state index is 0.120. The van der Waals surface area contributed by atoms with Gasteiger partial charge in [0.15, 0.2) is 11.5 Å². The number of rotatable bonds is 7. The van der Waals surface area contributed by atoms with E-state index in [1.54, 1.807) is 10.9 Å². The zero-order valence-electron chi connectivity index (χ0n) is 23.9. The summed E-state index contributed by atoms with van der Waals surface area (Å²) in [5, 5.41) is 4.89. The second kappa shape index (κ2) is 11.7. The summed E-state index contributed by atoms with van der Waals surface area (Å²) in [7, 11) is 0. The molecule has 6 rings (SSSR count). The van der Waals surface area contributed by atoms with E-state index in [1.807, 2.05) is 55.5 Å². The van der Waals surface area contributed by atoms with Crippen molar-refractivity contribution in [1.29, 1.82) is 0 Å². The SMILES string of the molecule is CCC(CC)c1ccc(C#Cc2cccc3cc(C(C)Nc4ncnc5nc[nH]c45)n(-c4ccccc4)c(=O)c23)cc1. The van der Waals surface area contributed by atoms with Crippen LogP contribution in [-0.2, 0) is 0 Å². The first-order valence-electron chi connectivity index (χ1n) is 14.3. The predicted molar refractivity (Wildman–Crippen MR) is 169 cm³/mol. The maximum Gasteiger partial charge on any atom is 0.264 e. The molecule has 7 nitrogen and oxygen atoms in total. The van der Waals surface area contributed by atoms with Crippen molar-refractivity contribution in [2.24, 2.45) is 0 Å². The Kier molecular flexibility index (Phi) is 7.52. The van der Waals surface area contributed by atoms with Crippen LogP contribution in [0.1, 0.15) is 68.0 Å². The highest BCUT2D eigenvalue weighted by atomic mass is 16.1. The molecule has 7 heteroatoms. The third kappa shape index (κ3) is 5.15.